The molecule has 6 heteroatoms. The van der Waals surface area contributed by atoms with Crippen LogP contribution in [0.1, 0.15) is 49.4 Å². The number of nitrogens with one attached hydrogen (secondary N) is 1. The summed E-state index contributed by atoms with van der Waals surface area (Å²) in [4.78, 5) is 25.6. The molecule has 0 spiro atoms. The molecule has 0 saturated carbocycles. The summed E-state index contributed by atoms with van der Waals surface area (Å²) in [5.74, 6) is 0.479. The highest BCUT2D eigenvalue weighted by atomic mass is 16.5. The van der Waals surface area contributed by atoms with Gasteiger partial charge in [-0.2, -0.15) is 0 Å². The zero-order valence-electron chi connectivity index (χ0n) is 11.5. The van der Waals surface area contributed by atoms with Crippen molar-refractivity contribution in [1.29, 1.82) is 0 Å². The third-order valence-corrected chi connectivity index (χ3v) is 3.30. The van der Waals surface area contributed by atoms with E-state index in [0.29, 0.717) is 18.8 Å². The molecule has 0 radical (unpaired) electrons. The van der Waals surface area contributed by atoms with E-state index in [1.165, 1.54) is 0 Å². The van der Waals surface area contributed by atoms with Crippen molar-refractivity contribution in [3.63, 3.8) is 0 Å². The molecule has 104 valence electrons. The van der Waals surface area contributed by atoms with Gasteiger partial charge in [0.2, 0.25) is 5.91 Å². The van der Waals surface area contributed by atoms with Gasteiger partial charge in [0.05, 0.1) is 0 Å². The van der Waals surface area contributed by atoms with Gasteiger partial charge >= 0.3 is 0 Å². The van der Waals surface area contributed by atoms with Gasteiger partial charge in [0.1, 0.15) is 11.8 Å². The fourth-order valence-corrected chi connectivity index (χ4v) is 2.03. The monoisotopic (exact) mass is 265 g/mol. The highest BCUT2D eigenvalue weighted by Gasteiger charge is 2.30. The van der Waals surface area contributed by atoms with Gasteiger partial charge in [0.15, 0.2) is 5.69 Å². The molecule has 0 aromatic carbocycles. The van der Waals surface area contributed by atoms with E-state index in [1.807, 2.05) is 13.8 Å². The molecule has 1 saturated heterocycles. The van der Waals surface area contributed by atoms with E-state index in [-0.39, 0.29) is 23.4 Å². The van der Waals surface area contributed by atoms with Crippen molar-refractivity contribution in [1.82, 2.24) is 15.4 Å². The van der Waals surface area contributed by atoms with Gasteiger partial charge in [0.25, 0.3) is 5.91 Å². The summed E-state index contributed by atoms with van der Waals surface area (Å²) < 4.78 is 5.13. The van der Waals surface area contributed by atoms with E-state index in [1.54, 1.807) is 17.9 Å². The lowest BCUT2D eigenvalue weighted by Gasteiger charge is -2.24. The first-order chi connectivity index (χ1) is 9.00. The van der Waals surface area contributed by atoms with Crippen LogP contribution in [0.3, 0.4) is 0 Å². The Morgan fingerprint density at radius 3 is 2.95 bits per heavy atom. The predicted molar refractivity (Wildman–Crippen MR) is 68.7 cm³/mol. The molecule has 1 N–H and O–H groups in total. The fraction of sp³-hybridized carbons (Fsp3) is 0.615. The van der Waals surface area contributed by atoms with Gasteiger partial charge in [-0.05, 0) is 13.3 Å². The molecular formula is C13H19N3O3. The first-order valence-corrected chi connectivity index (χ1v) is 6.56. The van der Waals surface area contributed by atoms with Gasteiger partial charge < -0.3 is 14.7 Å². The maximum atomic E-state index is 12.4. The van der Waals surface area contributed by atoms with Crippen molar-refractivity contribution in [2.45, 2.75) is 39.2 Å². The summed E-state index contributed by atoms with van der Waals surface area (Å²) in [7, 11) is 0. The zero-order valence-corrected chi connectivity index (χ0v) is 11.5. The molecule has 0 unspecified atom stereocenters. The Labute approximate surface area is 112 Å². The van der Waals surface area contributed by atoms with Crippen LogP contribution >= 0.6 is 0 Å². The molecule has 1 atom stereocenters. The number of carbonyl (C=O) groups is 2. The molecule has 0 bridgehead atoms. The predicted octanol–water partition coefficient (Wildman–Crippen LogP) is 1.15. The van der Waals surface area contributed by atoms with Crippen molar-refractivity contribution in [3.8, 4) is 0 Å². The molecular weight excluding hydrogens is 246 g/mol. The summed E-state index contributed by atoms with van der Waals surface area (Å²) in [6.45, 7) is 6.81. The summed E-state index contributed by atoms with van der Waals surface area (Å²) in [5.41, 5.74) is 0.269. The zero-order chi connectivity index (χ0) is 14.0. The lowest BCUT2D eigenvalue weighted by atomic mass is 10.1. The second kappa shape index (κ2) is 5.42. The summed E-state index contributed by atoms with van der Waals surface area (Å²) in [5, 5.41) is 6.58. The van der Waals surface area contributed by atoms with Gasteiger partial charge in [-0.15, -0.1) is 0 Å². The van der Waals surface area contributed by atoms with Crippen LogP contribution in [0.15, 0.2) is 10.6 Å². The lowest BCUT2D eigenvalue weighted by molar-refractivity contribution is -0.124. The van der Waals surface area contributed by atoms with Crippen molar-refractivity contribution in [2.24, 2.45) is 0 Å². The molecule has 2 amide bonds. The molecule has 1 fully saturated rings. The van der Waals surface area contributed by atoms with Gasteiger partial charge in [-0.25, -0.2) is 0 Å². The molecule has 19 heavy (non-hydrogen) atoms. The minimum Gasteiger partial charge on any atom is -0.360 e. The molecule has 1 aliphatic heterocycles. The second-order valence-electron chi connectivity index (χ2n) is 5.09. The highest BCUT2D eigenvalue weighted by molar-refractivity contribution is 5.96. The molecule has 2 rings (SSSR count). The number of aromatic nitrogens is 1. The molecule has 1 aromatic rings. The van der Waals surface area contributed by atoms with E-state index >= 15 is 0 Å². The Morgan fingerprint density at radius 1 is 1.58 bits per heavy atom. The van der Waals surface area contributed by atoms with Crippen LogP contribution in [-0.2, 0) is 4.79 Å². The Morgan fingerprint density at radius 2 is 2.32 bits per heavy atom. The highest BCUT2D eigenvalue weighted by Crippen LogP contribution is 2.17. The third-order valence-electron chi connectivity index (χ3n) is 3.30. The van der Waals surface area contributed by atoms with Crippen LogP contribution < -0.4 is 5.32 Å². The van der Waals surface area contributed by atoms with Crippen molar-refractivity contribution in [3.05, 3.63) is 17.5 Å². The molecule has 2 heterocycles. The SMILES string of the molecule is CC(C)c1cc(C(=O)N2CCCNC(=O)[C@@H]2C)no1. The lowest BCUT2D eigenvalue weighted by Crippen LogP contribution is -2.45. The number of amides is 2. The van der Waals surface area contributed by atoms with Crippen LogP contribution in [0.4, 0.5) is 0 Å². The second-order valence-corrected chi connectivity index (χ2v) is 5.09. The minimum atomic E-state index is -0.478. The van der Waals surface area contributed by atoms with Crippen LogP contribution in [0.5, 0.6) is 0 Å². The first kappa shape index (κ1) is 13.6. The fourth-order valence-electron chi connectivity index (χ4n) is 2.03. The average molecular weight is 265 g/mol. The molecule has 0 aliphatic carbocycles. The van der Waals surface area contributed by atoms with Crippen LogP contribution in [0.25, 0.3) is 0 Å². The Balaban J connectivity index is 2.19. The van der Waals surface area contributed by atoms with Crippen molar-refractivity contribution < 1.29 is 14.1 Å². The van der Waals surface area contributed by atoms with E-state index in [0.717, 1.165) is 6.42 Å². The van der Waals surface area contributed by atoms with E-state index in [2.05, 4.69) is 10.5 Å². The maximum Gasteiger partial charge on any atom is 0.276 e. The number of hydrogen-bond donors (Lipinski definition) is 1. The largest absolute Gasteiger partial charge is 0.360 e. The van der Waals surface area contributed by atoms with Gasteiger partial charge in [-0.1, -0.05) is 19.0 Å². The van der Waals surface area contributed by atoms with Crippen LogP contribution in [0, 0.1) is 0 Å². The average Bonchev–Trinajstić information content (AvgIpc) is 2.80. The van der Waals surface area contributed by atoms with Crippen LogP contribution in [-0.4, -0.2) is 41.0 Å². The molecule has 1 aromatic heterocycles. The Kier molecular flexibility index (Phi) is 3.87. The summed E-state index contributed by atoms with van der Waals surface area (Å²) in [6, 6.07) is 1.18. The summed E-state index contributed by atoms with van der Waals surface area (Å²) >= 11 is 0. The molecule has 1 aliphatic rings. The topological polar surface area (TPSA) is 75.4 Å². The standard InChI is InChI=1S/C13H19N3O3/c1-8(2)11-7-10(15-19-11)13(18)16-6-4-5-14-12(17)9(16)3/h7-9H,4-6H2,1-3H3,(H,14,17)/t9-/m0/s1. The van der Waals surface area contributed by atoms with Crippen molar-refractivity contribution >= 4 is 11.8 Å². The normalized spacial score (nSPS) is 20.3. The van der Waals surface area contributed by atoms with Crippen molar-refractivity contribution in [2.75, 3.05) is 13.1 Å². The van der Waals surface area contributed by atoms with E-state index in [4.69, 9.17) is 4.52 Å². The smallest absolute Gasteiger partial charge is 0.276 e. The number of nitrogens with zero attached hydrogens (tertiary/aromatic N) is 2. The number of carbonyl (C=O) groups excluding carboxylic acids is 2. The number of hydrogen-bond acceptors (Lipinski definition) is 4. The van der Waals surface area contributed by atoms with E-state index < -0.39 is 6.04 Å². The quantitative estimate of drug-likeness (QED) is 0.870. The Hall–Kier alpha value is -1.85. The molecule has 6 nitrogen and oxygen atoms in total. The number of rotatable bonds is 2. The van der Waals surface area contributed by atoms with Gasteiger partial charge in [0, 0.05) is 25.1 Å². The minimum absolute atomic E-state index is 0.126. The van der Waals surface area contributed by atoms with Gasteiger partial charge in [-0.3, -0.25) is 9.59 Å². The first-order valence-electron chi connectivity index (χ1n) is 6.56. The van der Waals surface area contributed by atoms with Crippen LogP contribution in [0.2, 0.25) is 0 Å². The Bertz CT molecular complexity index is 481. The third kappa shape index (κ3) is 2.77. The summed E-state index contributed by atoms with van der Waals surface area (Å²) in [6.07, 6.45) is 0.747. The van der Waals surface area contributed by atoms with E-state index in [9.17, 15) is 9.59 Å². The maximum absolute atomic E-state index is 12.4.